The minimum absolute atomic E-state index is 0.0811. The zero-order valence-corrected chi connectivity index (χ0v) is 14.6. The lowest BCUT2D eigenvalue weighted by Crippen LogP contribution is -2.30. The number of anilines is 1. The van der Waals surface area contributed by atoms with Crippen molar-refractivity contribution in [1.82, 2.24) is 0 Å². The molecule has 6 nitrogen and oxygen atoms in total. The van der Waals surface area contributed by atoms with E-state index < -0.39 is 18.0 Å². The zero-order valence-electron chi connectivity index (χ0n) is 13.0. The van der Waals surface area contributed by atoms with Crippen LogP contribution in [0.4, 0.5) is 5.69 Å². The molecule has 1 aliphatic rings. The van der Waals surface area contributed by atoms with Crippen molar-refractivity contribution in [2.24, 2.45) is 0 Å². The number of carbonyl (C=O) groups excluding carboxylic acids is 2. The Hall–Kier alpha value is -2.44. The van der Waals surface area contributed by atoms with Gasteiger partial charge in [0.2, 0.25) is 6.79 Å². The highest BCUT2D eigenvalue weighted by Crippen LogP contribution is 2.34. The van der Waals surface area contributed by atoms with E-state index in [0.29, 0.717) is 17.2 Å². The van der Waals surface area contributed by atoms with Crippen molar-refractivity contribution in [2.45, 2.75) is 13.0 Å². The van der Waals surface area contributed by atoms with Gasteiger partial charge in [0, 0.05) is 11.8 Å². The maximum absolute atomic E-state index is 12.2. The number of halogens is 2. The summed E-state index contributed by atoms with van der Waals surface area (Å²) in [5.74, 6) is -0.0903. The Balaban J connectivity index is 1.64. The number of hydrogen-bond acceptors (Lipinski definition) is 5. The average Bonchev–Trinajstić information content (AvgIpc) is 3.04. The summed E-state index contributed by atoms with van der Waals surface area (Å²) in [6.45, 7) is 1.60. The Morgan fingerprint density at radius 1 is 1.16 bits per heavy atom. The van der Waals surface area contributed by atoms with Crippen molar-refractivity contribution in [3.8, 4) is 11.5 Å². The van der Waals surface area contributed by atoms with Crippen LogP contribution in [0.1, 0.15) is 17.3 Å². The lowest BCUT2D eigenvalue weighted by Gasteiger charge is -2.14. The largest absolute Gasteiger partial charge is 0.454 e. The number of fused-ring (bicyclic) bond motifs is 1. The van der Waals surface area contributed by atoms with Crippen molar-refractivity contribution in [3.05, 3.63) is 52.0 Å². The van der Waals surface area contributed by atoms with Crippen LogP contribution in [0, 0.1) is 0 Å². The molecule has 1 aliphatic heterocycles. The number of hydrogen-bond donors (Lipinski definition) is 1. The number of benzene rings is 2. The van der Waals surface area contributed by atoms with Crippen LogP contribution in [0.3, 0.4) is 0 Å². The maximum atomic E-state index is 12.2. The van der Waals surface area contributed by atoms with Crippen LogP contribution < -0.4 is 14.8 Å². The van der Waals surface area contributed by atoms with Crippen LogP contribution >= 0.6 is 23.2 Å². The second-order valence-electron chi connectivity index (χ2n) is 5.21. The summed E-state index contributed by atoms with van der Waals surface area (Å²) in [5.41, 5.74) is 0.592. The van der Waals surface area contributed by atoms with Gasteiger partial charge in [-0.15, -0.1) is 0 Å². The highest BCUT2D eigenvalue weighted by Gasteiger charge is 2.22. The van der Waals surface area contributed by atoms with Crippen LogP contribution in [-0.2, 0) is 9.53 Å². The molecule has 0 spiro atoms. The fraction of sp³-hybridized carbons (Fsp3) is 0.176. The Morgan fingerprint density at radius 2 is 1.92 bits per heavy atom. The van der Waals surface area contributed by atoms with Crippen LogP contribution in [-0.4, -0.2) is 24.8 Å². The topological polar surface area (TPSA) is 73.9 Å². The second kappa shape index (κ2) is 7.21. The Labute approximate surface area is 153 Å². The SMILES string of the molecule is C[C@H](OC(=O)c1cccc(Cl)c1Cl)C(=O)Nc1ccc2c(c1)OCO2. The van der Waals surface area contributed by atoms with Gasteiger partial charge in [-0.2, -0.15) is 0 Å². The standard InChI is InChI=1S/C17H13Cl2NO5/c1-9(25-17(22)11-3-2-4-12(18)15(11)19)16(21)20-10-5-6-13-14(7-10)24-8-23-13/h2-7,9H,8H2,1H3,(H,20,21)/t9-/m0/s1. The number of rotatable bonds is 4. The smallest absolute Gasteiger partial charge is 0.340 e. The van der Waals surface area contributed by atoms with E-state index in [1.807, 2.05) is 0 Å². The summed E-state index contributed by atoms with van der Waals surface area (Å²) in [4.78, 5) is 24.4. The van der Waals surface area contributed by atoms with Gasteiger partial charge in [-0.25, -0.2) is 4.79 Å². The maximum Gasteiger partial charge on any atom is 0.340 e. The van der Waals surface area contributed by atoms with Gasteiger partial charge < -0.3 is 19.5 Å². The molecule has 0 radical (unpaired) electrons. The molecule has 0 saturated carbocycles. The van der Waals surface area contributed by atoms with E-state index in [2.05, 4.69) is 5.32 Å². The van der Waals surface area contributed by atoms with Crippen LogP contribution in [0.25, 0.3) is 0 Å². The molecule has 25 heavy (non-hydrogen) atoms. The third kappa shape index (κ3) is 3.81. The van der Waals surface area contributed by atoms with E-state index in [1.165, 1.54) is 13.0 Å². The Bertz CT molecular complexity index is 840. The highest BCUT2D eigenvalue weighted by molar-refractivity contribution is 6.43. The predicted molar refractivity (Wildman–Crippen MR) is 92.5 cm³/mol. The predicted octanol–water partition coefficient (Wildman–Crippen LogP) is 3.91. The molecule has 1 heterocycles. The van der Waals surface area contributed by atoms with Gasteiger partial charge in [0.15, 0.2) is 17.6 Å². The summed E-state index contributed by atoms with van der Waals surface area (Å²) in [7, 11) is 0. The molecule has 2 aromatic carbocycles. The first-order chi connectivity index (χ1) is 12.0. The van der Waals surface area contributed by atoms with E-state index >= 15 is 0 Å². The van der Waals surface area contributed by atoms with Crippen LogP contribution in [0.15, 0.2) is 36.4 Å². The zero-order chi connectivity index (χ0) is 18.0. The van der Waals surface area contributed by atoms with Crippen molar-refractivity contribution < 1.29 is 23.8 Å². The first kappa shape index (κ1) is 17.4. The Morgan fingerprint density at radius 3 is 2.72 bits per heavy atom. The van der Waals surface area contributed by atoms with Gasteiger partial charge in [-0.05, 0) is 31.2 Å². The van der Waals surface area contributed by atoms with Crippen LogP contribution in [0.5, 0.6) is 11.5 Å². The van der Waals surface area contributed by atoms with E-state index in [1.54, 1.807) is 30.3 Å². The van der Waals surface area contributed by atoms with Gasteiger partial charge >= 0.3 is 5.97 Å². The summed E-state index contributed by atoms with van der Waals surface area (Å²) in [6, 6.07) is 9.56. The molecule has 0 saturated heterocycles. The summed E-state index contributed by atoms with van der Waals surface area (Å²) in [5, 5.41) is 2.95. The number of nitrogens with one attached hydrogen (secondary N) is 1. The van der Waals surface area contributed by atoms with E-state index in [0.717, 1.165) is 0 Å². The summed E-state index contributed by atoms with van der Waals surface area (Å²) < 4.78 is 15.6. The van der Waals surface area contributed by atoms with E-state index in [4.69, 9.17) is 37.4 Å². The Kier molecular flexibility index (Phi) is 5.01. The van der Waals surface area contributed by atoms with Gasteiger partial charge in [-0.1, -0.05) is 29.3 Å². The first-order valence-electron chi connectivity index (χ1n) is 7.31. The first-order valence-corrected chi connectivity index (χ1v) is 8.07. The molecule has 0 unspecified atom stereocenters. The van der Waals surface area contributed by atoms with E-state index in [9.17, 15) is 9.59 Å². The second-order valence-corrected chi connectivity index (χ2v) is 5.99. The number of esters is 1. The molecule has 0 bridgehead atoms. The summed E-state index contributed by atoms with van der Waals surface area (Å²) >= 11 is 11.8. The monoisotopic (exact) mass is 381 g/mol. The molecular weight excluding hydrogens is 369 g/mol. The number of amides is 1. The van der Waals surface area contributed by atoms with Crippen LogP contribution in [0.2, 0.25) is 10.0 Å². The molecule has 1 atom stereocenters. The van der Waals surface area contributed by atoms with Gasteiger partial charge in [0.05, 0.1) is 15.6 Å². The van der Waals surface area contributed by atoms with Crippen molar-refractivity contribution >= 4 is 40.8 Å². The fourth-order valence-corrected chi connectivity index (χ4v) is 2.53. The van der Waals surface area contributed by atoms with Gasteiger partial charge in [0.25, 0.3) is 5.91 Å². The van der Waals surface area contributed by atoms with Crippen molar-refractivity contribution in [3.63, 3.8) is 0 Å². The minimum atomic E-state index is -1.03. The molecule has 130 valence electrons. The quantitative estimate of drug-likeness (QED) is 0.812. The molecule has 2 aromatic rings. The molecule has 8 heteroatoms. The minimum Gasteiger partial charge on any atom is -0.454 e. The number of carbonyl (C=O) groups is 2. The molecular formula is C17H13Cl2NO5. The van der Waals surface area contributed by atoms with Crippen molar-refractivity contribution in [1.29, 1.82) is 0 Å². The molecule has 0 aromatic heterocycles. The molecule has 1 amide bonds. The van der Waals surface area contributed by atoms with Gasteiger partial charge in [0.1, 0.15) is 0 Å². The highest BCUT2D eigenvalue weighted by atomic mass is 35.5. The lowest BCUT2D eigenvalue weighted by molar-refractivity contribution is -0.123. The molecule has 0 fully saturated rings. The fourth-order valence-electron chi connectivity index (χ4n) is 2.16. The average molecular weight is 382 g/mol. The molecule has 3 rings (SSSR count). The van der Waals surface area contributed by atoms with Crippen molar-refractivity contribution in [2.75, 3.05) is 12.1 Å². The summed E-state index contributed by atoms with van der Waals surface area (Å²) in [6.07, 6.45) is -1.03. The number of ether oxygens (including phenoxy) is 3. The van der Waals surface area contributed by atoms with E-state index in [-0.39, 0.29) is 22.4 Å². The third-order valence-corrected chi connectivity index (χ3v) is 4.28. The lowest BCUT2D eigenvalue weighted by atomic mass is 10.2. The molecule has 0 aliphatic carbocycles. The normalized spacial score (nSPS) is 13.2. The third-order valence-electron chi connectivity index (χ3n) is 3.46. The molecule has 1 N–H and O–H groups in total. The van der Waals surface area contributed by atoms with Gasteiger partial charge in [-0.3, -0.25) is 4.79 Å².